The van der Waals surface area contributed by atoms with Crippen molar-refractivity contribution in [3.05, 3.63) is 59.2 Å². The molecule has 2 aromatic rings. The second-order valence-corrected chi connectivity index (χ2v) is 9.81. The van der Waals surface area contributed by atoms with E-state index in [9.17, 15) is 24.0 Å². The largest absolute Gasteiger partial charge is 0.461 e. The summed E-state index contributed by atoms with van der Waals surface area (Å²) in [5.74, 6) is -4.03. The Morgan fingerprint density at radius 1 is 0.829 bits per heavy atom. The number of esters is 4. The molecule has 12 nitrogen and oxygen atoms in total. The highest BCUT2D eigenvalue weighted by Gasteiger charge is 2.49. The lowest BCUT2D eigenvalue weighted by molar-refractivity contribution is -0.169. The third-order valence-electron chi connectivity index (χ3n) is 5.74. The molecule has 0 radical (unpaired) electrons. The molecular formula is C29H34N2O10. The van der Waals surface area contributed by atoms with E-state index in [1.165, 1.54) is 13.0 Å². The molecule has 3 atom stereocenters. The fraction of sp³-hybridized carbons (Fsp3) is 0.414. The predicted molar refractivity (Wildman–Crippen MR) is 144 cm³/mol. The first-order valence-corrected chi connectivity index (χ1v) is 13.1. The van der Waals surface area contributed by atoms with Gasteiger partial charge in [0.15, 0.2) is 11.5 Å². The molecule has 220 valence electrons. The third-order valence-corrected chi connectivity index (χ3v) is 5.74. The van der Waals surface area contributed by atoms with E-state index in [1.807, 2.05) is 0 Å². The van der Waals surface area contributed by atoms with Gasteiger partial charge < -0.3 is 34.3 Å². The molecule has 1 aliphatic rings. The Morgan fingerprint density at radius 3 is 2.12 bits per heavy atom. The highest BCUT2D eigenvalue weighted by Crippen LogP contribution is 2.55. The molecular weight excluding hydrogens is 536 g/mol. The lowest BCUT2D eigenvalue weighted by atomic mass is 10.1. The van der Waals surface area contributed by atoms with Crippen LogP contribution >= 0.6 is 0 Å². The Morgan fingerprint density at radius 2 is 1.51 bits per heavy atom. The number of ether oxygens (including phenoxy) is 5. The first kappa shape index (κ1) is 31.1. The molecule has 12 heteroatoms. The van der Waals surface area contributed by atoms with Crippen LogP contribution in [0.25, 0.3) is 0 Å². The SMILES string of the molecule is CNCC(=O)Oc1c(OC(=O)c2ccccc2)ccc2c1C2C(NC(=O)OC(C)OC(=O)C(C)C)C(=O)OC(C)C. The Kier molecular flexibility index (Phi) is 10.4. The van der Waals surface area contributed by atoms with E-state index in [0.717, 1.165) is 0 Å². The minimum absolute atomic E-state index is 0.0441. The number of benzene rings is 2. The van der Waals surface area contributed by atoms with Crippen LogP contribution in [0, 0.1) is 5.92 Å². The molecule has 0 spiro atoms. The molecule has 1 aliphatic carbocycles. The molecule has 0 heterocycles. The van der Waals surface area contributed by atoms with Gasteiger partial charge in [0.25, 0.3) is 0 Å². The van der Waals surface area contributed by atoms with Crippen LogP contribution < -0.4 is 20.1 Å². The van der Waals surface area contributed by atoms with Crippen LogP contribution in [0.1, 0.15) is 62.0 Å². The molecule has 3 unspecified atom stereocenters. The maximum atomic E-state index is 13.1. The summed E-state index contributed by atoms with van der Waals surface area (Å²) >= 11 is 0. The predicted octanol–water partition coefficient (Wildman–Crippen LogP) is 3.07. The highest BCUT2D eigenvalue weighted by molar-refractivity contribution is 5.92. The smallest absolute Gasteiger partial charge is 0.410 e. The molecule has 41 heavy (non-hydrogen) atoms. The minimum Gasteiger partial charge on any atom is -0.461 e. The second kappa shape index (κ2) is 13.8. The van der Waals surface area contributed by atoms with Crippen molar-refractivity contribution in [2.45, 2.75) is 59.0 Å². The normalized spacial score (nSPS) is 14.8. The van der Waals surface area contributed by atoms with Gasteiger partial charge in [0.05, 0.1) is 24.1 Å². The van der Waals surface area contributed by atoms with Crippen molar-refractivity contribution in [1.29, 1.82) is 0 Å². The van der Waals surface area contributed by atoms with Gasteiger partial charge in [-0.25, -0.2) is 14.4 Å². The third kappa shape index (κ3) is 8.27. The molecule has 2 N–H and O–H groups in total. The number of hydrogen-bond acceptors (Lipinski definition) is 11. The van der Waals surface area contributed by atoms with Crippen LogP contribution in [0.3, 0.4) is 0 Å². The maximum absolute atomic E-state index is 13.1. The molecule has 0 aromatic heterocycles. The van der Waals surface area contributed by atoms with Gasteiger partial charge >= 0.3 is 30.0 Å². The number of fused-ring (bicyclic) bond motifs is 1. The van der Waals surface area contributed by atoms with Crippen molar-refractivity contribution >= 4 is 30.0 Å². The molecule has 2 aromatic carbocycles. The van der Waals surface area contributed by atoms with Gasteiger partial charge in [-0.1, -0.05) is 38.1 Å². The average Bonchev–Trinajstić information content (AvgIpc) is 3.62. The first-order chi connectivity index (χ1) is 19.4. The summed E-state index contributed by atoms with van der Waals surface area (Å²) in [7, 11) is 1.56. The zero-order valence-electron chi connectivity index (χ0n) is 23.7. The van der Waals surface area contributed by atoms with Crippen molar-refractivity contribution in [2.24, 2.45) is 5.92 Å². The zero-order chi connectivity index (χ0) is 30.3. The van der Waals surface area contributed by atoms with Gasteiger partial charge in [-0.15, -0.1) is 0 Å². The van der Waals surface area contributed by atoms with Gasteiger partial charge in [-0.3, -0.25) is 9.59 Å². The van der Waals surface area contributed by atoms with Crippen LogP contribution in [0.2, 0.25) is 0 Å². The van der Waals surface area contributed by atoms with Crippen molar-refractivity contribution < 1.29 is 47.7 Å². The van der Waals surface area contributed by atoms with Gasteiger partial charge in [0, 0.05) is 18.4 Å². The lowest BCUT2D eigenvalue weighted by Crippen LogP contribution is -2.45. The van der Waals surface area contributed by atoms with Gasteiger partial charge in [0.1, 0.15) is 6.04 Å². The number of hydrogen-bond donors (Lipinski definition) is 2. The van der Waals surface area contributed by atoms with E-state index in [4.69, 9.17) is 23.7 Å². The van der Waals surface area contributed by atoms with E-state index in [2.05, 4.69) is 10.6 Å². The summed E-state index contributed by atoms with van der Waals surface area (Å²) in [6.07, 6.45) is -2.77. The van der Waals surface area contributed by atoms with Crippen LogP contribution in [0.15, 0.2) is 42.5 Å². The highest BCUT2D eigenvalue weighted by atomic mass is 16.7. The Hall–Kier alpha value is -4.45. The lowest BCUT2D eigenvalue weighted by Gasteiger charge is -2.21. The average molecular weight is 571 g/mol. The Balaban J connectivity index is 1.89. The summed E-state index contributed by atoms with van der Waals surface area (Å²) < 4.78 is 26.6. The summed E-state index contributed by atoms with van der Waals surface area (Å²) in [5, 5.41) is 5.15. The standard InChI is InChI=1S/C29H34N2O10/c1-15(2)26(33)38-17(5)39-29(36)31-24(28(35)37-16(3)4)22-19-12-13-20(25(23(19)22)41-21(32)14-30-6)40-27(34)18-10-8-7-9-11-18/h7-13,15-17,22,24,30H,14H2,1-6H3,(H,31,36). The molecule has 0 fully saturated rings. The van der Waals surface area contributed by atoms with Crippen LogP contribution in [-0.4, -0.2) is 62.0 Å². The minimum atomic E-state index is -1.30. The number of alkyl carbamates (subject to hydrolysis) is 1. The fourth-order valence-corrected chi connectivity index (χ4v) is 3.88. The van der Waals surface area contributed by atoms with E-state index in [1.54, 1.807) is 71.1 Å². The van der Waals surface area contributed by atoms with Crippen LogP contribution in [0.5, 0.6) is 11.5 Å². The number of nitrogens with one attached hydrogen (secondary N) is 2. The molecule has 0 saturated heterocycles. The monoisotopic (exact) mass is 570 g/mol. The molecule has 0 bridgehead atoms. The van der Waals surface area contributed by atoms with Crippen LogP contribution in [-0.2, 0) is 28.6 Å². The van der Waals surface area contributed by atoms with Crippen molar-refractivity contribution in [1.82, 2.24) is 10.6 Å². The van der Waals surface area contributed by atoms with E-state index in [0.29, 0.717) is 11.1 Å². The molecule has 3 rings (SSSR count). The Bertz CT molecular complexity index is 1290. The van der Waals surface area contributed by atoms with Crippen molar-refractivity contribution in [3.63, 3.8) is 0 Å². The summed E-state index contributed by atoms with van der Waals surface area (Å²) in [5.41, 5.74) is 1.21. The van der Waals surface area contributed by atoms with Crippen molar-refractivity contribution in [2.75, 3.05) is 13.6 Å². The summed E-state index contributed by atoms with van der Waals surface area (Å²) in [6, 6.07) is 9.98. The first-order valence-electron chi connectivity index (χ1n) is 13.1. The number of rotatable bonds is 12. The summed E-state index contributed by atoms with van der Waals surface area (Å²) in [6.45, 7) is 7.77. The number of carbonyl (C=O) groups is 5. The van der Waals surface area contributed by atoms with Gasteiger partial charge in [0.2, 0.25) is 6.29 Å². The Labute approximate surface area is 237 Å². The quantitative estimate of drug-likeness (QED) is 0.220. The van der Waals surface area contributed by atoms with Crippen molar-refractivity contribution in [3.8, 4) is 11.5 Å². The van der Waals surface area contributed by atoms with Gasteiger partial charge in [-0.05, 0) is 44.7 Å². The van der Waals surface area contributed by atoms with E-state index < -0.39 is 60.2 Å². The molecule has 0 aliphatic heterocycles. The number of likely N-dealkylation sites (N-methyl/N-ethyl adjacent to an activating group) is 1. The van der Waals surface area contributed by atoms with E-state index >= 15 is 0 Å². The molecule has 1 amide bonds. The topological polar surface area (TPSA) is 156 Å². The number of amides is 1. The maximum Gasteiger partial charge on any atom is 0.410 e. The number of carbonyl (C=O) groups excluding carboxylic acids is 5. The van der Waals surface area contributed by atoms with Gasteiger partial charge in [-0.2, -0.15) is 0 Å². The second-order valence-electron chi connectivity index (χ2n) is 9.81. The fourth-order valence-electron chi connectivity index (χ4n) is 3.88. The summed E-state index contributed by atoms with van der Waals surface area (Å²) in [4.78, 5) is 62.8. The molecule has 0 saturated carbocycles. The van der Waals surface area contributed by atoms with E-state index in [-0.39, 0.29) is 23.6 Å². The zero-order valence-corrected chi connectivity index (χ0v) is 23.7. The van der Waals surface area contributed by atoms with Crippen LogP contribution in [0.4, 0.5) is 4.79 Å².